The van der Waals surface area contributed by atoms with E-state index < -0.39 is 0 Å². The van der Waals surface area contributed by atoms with E-state index in [9.17, 15) is 4.79 Å². The van der Waals surface area contributed by atoms with Crippen LogP contribution in [0.5, 0.6) is 0 Å². The second-order valence-corrected chi connectivity index (χ2v) is 6.79. The number of nitrogens with one attached hydrogen (secondary N) is 1. The fourth-order valence-electron chi connectivity index (χ4n) is 3.28. The van der Waals surface area contributed by atoms with E-state index in [1.165, 1.54) is 6.42 Å². The SMILES string of the molecule is Cc1[nH]c(-c2ccccc2)nc1C(=O)N1CCCC[C@H](N(C)C)C1. The molecular weight excluding hydrogens is 300 g/mol. The van der Waals surface area contributed by atoms with Gasteiger partial charge >= 0.3 is 0 Å². The smallest absolute Gasteiger partial charge is 0.274 e. The van der Waals surface area contributed by atoms with Crippen molar-refractivity contribution >= 4 is 5.91 Å². The Morgan fingerprint density at radius 3 is 2.71 bits per heavy atom. The highest BCUT2D eigenvalue weighted by atomic mass is 16.2. The lowest BCUT2D eigenvalue weighted by Gasteiger charge is -2.28. The largest absolute Gasteiger partial charge is 0.341 e. The summed E-state index contributed by atoms with van der Waals surface area (Å²) in [6.45, 7) is 3.52. The predicted octanol–water partition coefficient (Wildman–Crippen LogP) is 2.94. The molecule has 0 bridgehead atoms. The van der Waals surface area contributed by atoms with Crippen LogP contribution in [-0.2, 0) is 0 Å². The van der Waals surface area contributed by atoms with Crippen molar-refractivity contribution in [2.45, 2.75) is 32.2 Å². The van der Waals surface area contributed by atoms with E-state index in [1.54, 1.807) is 0 Å². The van der Waals surface area contributed by atoms with Gasteiger partial charge in [0.25, 0.3) is 5.91 Å². The van der Waals surface area contributed by atoms with Crippen LogP contribution in [0.4, 0.5) is 0 Å². The Bertz CT molecular complexity index is 693. The maximum Gasteiger partial charge on any atom is 0.274 e. The molecule has 1 N–H and O–H groups in total. The molecular formula is C19H26N4O. The van der Waals surface area contributed by atoms with Gasteiger partial charge in [-0.3, -0.25) is 4.79 Å². The molecule has 1 amide bonds. The zero-order chi connectivity index (χ0) is 17.1. The molecule has 1 fully saturated rings. The number of nitrogens with zero attached hydrogens (tertiary/aromatic N) is 3. The third kappa shape index (κ3) is 3.51. The van der Waals surface area contributed by atoms with Crippen LogP contribution in [0.2, 0.25) is 0 Å². The number of imidazole rings is 1. The van der Waals surface area contributed by atoms with Crippen molar-refractivity contribution in [1.82, 2.24) is 19.8 Å². The molecule has 0 saturated carbocycles. The van der Waals surface area contributed by atoms with Crippen LogP contribution in [0, 0.1) is 6.92 Å². The molecule has 2 aromatic rings. The zero-order valence-electron chi connectivity index (χ0n) is 14.7. The number of hydrogen-bond acceptors (Lipinski definition) is 3. The number of likely N-dealkylation sites (N-methyl/N-ethyl adjacent to an activating group) is 1. The van der Waals surface area contributed by atoms with Gasteiger partial charge < -0.3 is 14.8 Å². The quantitative estimate of drug-likeness (QED) is 0.943. The molecule has 1 saturated heterocycles. The van der Waals surface area contributed by atoms with Crippen LogP contribution >= 0.6 is 0 Å². The number of aromatic nitrogens is 2. The number of hydrogen-bond donors (Lipinski definition) is 1. The monoisotopic (exact) mass is 326 g/mol. The van der Waals surface area contributed by atoms with E-state index in [0.717, 1.165) is 43.0 Å². The number of rotatable bonds is 3. The van der Waals surface area contributed by atoms with E-state index in [1.807, 2.05) is 42.2 Å². The van der Waals surface area contributed by atoms with Crippen LogP contribution in [0.1, 0.15) is 35.4 Å². The standard InChI is InChI=1S/C19H26N4O/c1-14-17(21-18(20-14)15-9-5-4-6-10-15)19(24)23-12-8-7-11-16(13-23)22(2)3/h4-6,9-10,16H,7-8,11-13H2,1-3H3,(H,20,21)/t16-/m0/s1. The number of likely N-dealkylation sites (tertiary alicyclic amines) is 1. The first kappa shape index (κ1) is 16.7. The summed E-state index contributed by atoms with van der Waals surface area (Å²) in [5.41, 5.74) is 2.39. The van der Waals surface area contributed by atoms with Crippen molar-refractivity contribution < 1.29 is 4.79 Å². The molecule has 3 rings (SSSR count). The van der Waals surface area contributed by atoms with Gasteiger partial charge in [0.1, 0.15) is 11.5 Å². The first-order valence-corrected chi connectivity index (χ1v) is 8.64. The minimum Gasteiger partial charge on any atom is -0.341 e. The van der Waals surface area contributed by atoms with Crippen LogP contribution < -0.4 is 0 Å². The minimum atomic E-state index is 0.0414. The molecule has 0 unspecified atom stereocenters. The van der Waals surface area contributed by atoms with Gasteiger partial charge in [-0.2, -0.15) is 0 Å². The molecule has 2 heterocycles. The second kappa shape index (κ2) is 7.18. The van der Waals surface area contributed by atoms with Crippen molar-refractivity contribution in [2.75, 3.05) is 27.2 Å². The van der Waals surface area contributed by atoms with Gasteiger partial charge in [0.05, 0.1) is 0 Å². The summed E-state index contributed by atoms with van der Waals surface area (Å²) in [5, 5.41) is 0. The zero-order valence-corrected chi connectivity index (χ0v) is 14.7. The molecule has 0 radical (unpaired) electrons. The highest BCUT2D eigenvalue weighted by molar-refractivity contribution is 5.94. The molecule has 5 heteroatoms. The van der Waals surface area contributed by atoms with E-state index in [2.05, 4.69) is 29.0 Å². The number of aromatic amines is 1. The highest BCUT2D eigenvalue weighted by Crippen LogP contribution is 2.21. The summed E-state index contributed by atoms with van der Waals surface area (Å²) in [5.74, 6) is 0.801. The lowest BCUT2D eigenvalue weighted by atomic mass is 10.1. The Kier molecular flexibility index (Phi) is 5.00. The number of carbonyl (C=O) groups is 1. The molecule has 1 aromatic carbocycles. The maximum absolute atomic E-state index is 13.0. The third-order valence-corrected chi connectivity index (χ3v) is 4.80. The van der Waals surface area contributed by atoms with Crippen molar-refractivity contribution in [3.63, 3.8) is 0 Å². The van der Waals surface area contributed by atoms with Crippen LogP contribution in [0.3, 0.4) is 0 Å². The van der Waals surface area contributed by atoms with Crippen molar-refractivity contribution in [1.29, 1.82) is 0 Å². The van der Waals surface area contributed by atoms with E-state index >= 15 is 0 Å². The Labute approximate surface area is 143 Å². The summed E-state index contributed by atoms with van der Waals surface area (Å²) >= 11 is 0. The minimum absolute atomic E-state index is 0.0414. The van der Waals surface area contributed by atoms with Gasteiger partial charge in [-0.05, 0) is 33.9 Å². The summed E-state index contributed by atoms with van der Waals surface area (Å²) in [6, 6.07) is 10.4. The summed E-state index contributed by atoms with van der Waals surface area (Å²) in [6.07, 6.45) is 3.37. The number of H-pyrrole nitrogens is 1. The molecule has 24 heavy (non-hydrogen) atoms. The maximum atomic E-state index is 13.0. The van der Waals surface area contributed by atoms with Gasteiger partial charge in [-0.25, -0.2) is 4.98 Å². The number of carbonyl (C=O) groups excluding carboxylic acids is 1. The molecule has 0 spiro atoms. The summed E-state index contributed by atoms with van der Waals surface area (Å²) in [7, 11) is 4.18. The van der Waals surface area contributed by atoms with Gasteiger partial charge in [-0.15, -0.1) is 0 Å². The normalized spacial score (nSPS) is 18.7. The average molecular weight is 326 g/mol. The molecule has 128 valence electrons. The number of amides is 1. The van der Waals surface area contributed by atoms with Crippen molar-refractivity contribution in [2.24, 2.45) is 0 Å². The molecule has 1 atom stereocenters. The Balaban J connectivity index is 1.83. The van der Waals surface area contributed by atoms with Gasteiger partial charge in [0.15, 0.2) is 0 Å². The van der Waals surface area contributed by atoms with Gasteiger partial charge in [0, 0.05) is 30.4 Å². The van der Waals surface area contributed by atoms with Crippen LogP contribution in [0.25, 0.3) is 11.4 Å². The van der Waals surface area contributed by atoms with Gasteiger partial charge in [-0.1, -0.05) is 36.8 Å². The Morgan fingerprint density at radius 2 is 2.00 bits per heavy atom. The van der Waals surface area contributed by atoms with Crippen LogP contribution in [-0.4, -0.2) is 58.9 Å². The fourth-order valence-corrected chi connectivity index (χ4v) is 3.28. The lowest BCUT2D eigenvalue weighted by Crippen LogP contribution is -2.42. The van der Waals surface area contributed by atoms with E-state index in [0.29, 0.717) is 11.7 Å². The first-order valence-electron chi connectivity index (χ1n) is 8.64. The summed E-state index contributed by atoms with van der Waals surface area (Å²) < 4.78 is 0. The topological polar surface area (TPSA) is 52.2 Å². The summed E-state index contributed by atoms with van der Waals surface area (Å²) in [4.78, 5) is 25.1. The average Bonchev–Trinajstić information content (AvgIpc) is 2.81. The Morgan fingerprint density at radius 1 is 1.25 bits per heavy atom. The Hall–Kier alpha value is -2.14. The lowest BCUT2D eigenvalue weighted by molar-refractivity contribution is 0.0719. The molecule has 1 aromatic heterocycles. The van der Waals surface area contributed by atoms with Gasteiger partial charge in [0.2, 0.25) is 0 Å². The van der Waals surface area contributed by atoms with E-state index in [4.69, 9.17) is 0 Å². The second-order valence-electron chi connectivity index (χ2n) is 6.79. The molecule has 0 aliphatic carbocycles. The molecule has 1 aliphatic rings. The number of benzene rings is 1. The molecule has 5 nitrogen and oxygen atoms in total. The fraction of sp³-hybridized carbons (Fsp3) is 0.474. The predicted molar refractivity (Wildman–Crippen MR) is 96.0 cm³/mol. The van der Waals surface area contributed by atoms with Crippen molar-refractivity contribution in [3.05, 3.63) is 41.7 Å². The van der Waals surface area contributed by atoms with Crippen molar-refractivity contribution in [3.8, 4) is 11.4 Å². The third-order valence-electron chi connectivity index (χ3n) is 4.80. The molecule has 1 aliphatic heterocycles. The van der Waals surface area contributed by atoms with Crippen LogP contribution in [0.15, 0.2) is 30.3 Å². The van der Waals surface area contributed by atoms with E-state index in [-0.39, 0.29) is 5.91 Å². The first-order chi connectivity index (χ1) is 11.6. The number of aryl methyl sites for hydroxylation is 1. The highest BCUT2D eigenvalue weighted by Gasteiger charge is 2.26.